The van der Waals surface area contributed by atoms with Gasteiger partial charge in [0.2, 0.25) is 0 Å². The van der Waals surface area contributed by atoms with Gasteiger partial charge in [0.1, 0.15) is 5.69 Å². The Morgan fingerprint density at radius 1 is 1.19 bits per heavy atom. The number of non-ortho nitro benzene ring substituents is 1. The van der Waals surface area contributed by atoms with Crippen molar-refractivity contribution in [1.82, 2.24) is 9.55 Å². The molecule has 0 aliphatic carbocycles. The summed E-state index contributed by atoms with van der Waals surface area (Å²) in [7, 11) is 0. The summed E-state index contributed by atoms with van der Waals surface area (Å²) in [5, 5.41) is 18.0. The quantitative estimate of drug-likeness (QED) is 0.426. The van der Waals surface area contributed by atoms with Crippen LogP contribution in [0.4, 0.5) is 17.3 Å². The van der Waals surface area contributed by atoms with Crippen molar-refractivity contribution in [2.45, 2.75) is 26.9 Å². The maximum Gasteiger partial charge on any atom is 0.357 e. The van der Waals surface area contributed by atoms with Gasteiger partial charge in [-0.15, -0.1) is 0 Å². The van der Waals surface area contributed by atoms with Crippen LogP contribution in [0.15, 0.2) is 47.3 Å². The van der Waals surface area contributed by atoms with Gasteiger partial charge in [0, 0.05) is 34.5 Å². The minimum absolute atomic E-state index is 0.127. The predicted molar refractivity (Wildman–Crippen MR) is 119 cm³/mol. The Balaban J connectivity index is 1.86. The summed E-state index contributed by atoms with van der Waals surface area (Å²) in [6.07, 6.45) is -0.808. The van der Waals surface area contributed by atoms with E-state index >= 15 is 0 Å². The van der Waals surface area contributed by atoms with Crippen LogP contribution in [0.3, 0.4) is 0 Å². The van der Waals surface area contributed by atoms with Crippen LogP contribution in [0.25, 0.3) is 0 Å². The molecule has 1 aliphatic heterocycles. The third-order valence-electron chi connectivity index (χ3n) is 4.98. The number of benzene rings is 2. The third-order valence-corrected chi connectivity index (χ3v) is 5.33. The maximum absolute atomic E-state index is 12.8. The zero-order chi connectivity index (χ0) is 22.3. The number of nitro benzene ring substituents is 1. The van der Waals surface area contributed by atoms with Gasteiger partial charge in [-0.25, -0.2) is 20.2 Å². The number of hydrogen-bond donors (Lipinski definition) is 3. The molecule has 4 rings (SSSR count). The first-order valence-corrected chi connectivity index (χ1v) is 9.89. The normalized spacial score (nSPS) is 15.0. The first-order chi connectivity index (χ1) is 14.7. The minimum atomic E-state index is -0.808. The van der Waals surface area contributed by atoms with E-state index in [9.17, 15) is 14.9 Å². The van der Waals surface area contributed by atoms with E-state index in [-0.39, 0.29) is 16.3 Å². The van der Waals surface area contributed by atoms with Crippen LogP contribution in [-0.2, 0) is 0 Å². The van der Waals surface area contributed by atoms with E-state index in [1.54, 1.807) is 6.92 Å². The number of aryl methyl sites for hydroxylation is 3. The second kappa shape index (κ2) is 7.84. The lowest BCUT2D eigenvalue weighted by atomic mass is 10.1. The SMILES string of the molecule is Cc1ccc(NC2=[NH+][C@H](c3cc([N+](=O)[O-])ccc3Cl)n3c(nc(C)cc3=O)N2)c(C)c1. The van der Waals surface area contributed by atoms with Gasteiger partial charge in [-0.1, -0.05) is 29.3 Å². The molecule has 3 N–H and O–H groups in total. The van der Waals surface area contributed by atoms with Crippen LogP contribution in [0.2, 0.25) is 5.02 Å². The molecule has 0 amide bonds. The van der Waals surface area contributed by atoms with Crippen molar-refractivity contribution < 1.29 is 9.92 Å². The van der Waals surface area contributed by atoms with Gasteiger partial charge in [-0.2, -0.15) is 0 Å². The van der Waals surface area contributed by atoms with Crippen LogP contribution in [0, 0.1) is 30.9 Å². The molecule has 0 saturated carbocycles. The summed E-state index contributed by atoms with van der Waals surface area (Å²) in [6.45, 7) is 5.71. The number of halogens is 1. The van der Waals surface area contributed by atoms with Crippen molar-refractivity contribution in [2.75, 3.05) is 10.6 Å². The van der Waals surface area contributed by atoms with Gasteiger partial charge < -0.3 is 0 Å². The van der Waals surface area contributed by atoms with Gasteiger partial charge in [-0.3, -0.25) is 19.9 Å². The summed E-state index contributed by atoms with van der Waals surface area (Å²) in [4.78, 5) is 31.2. The minimum Gasteiger partial charge on any atom is -0.269 e. The van der Waals surface area contributed by atoms with Gasteiger partial charge in [-0.05, 0) is 38.5 Å². The molecule has 31 heavy (non-hydrogen) atoms. The van der Waals surface area contributed by atoms with E-state index in [4.69, 9.17) is 11.6 Å². The van der Waals surface area contributed by atoms with Crippen LogP contribution < -0.4 is 21.2 Å². The molecule has 1 aromatic heterocycles. The van der Waals surface area contributed by atoms with E-state index in [1.165, 1.54) is 28.8 Å². The van der Waals surface area contributed by atoms with Crippen molar-refractivity contribution in [1.29, 1.82) is 0 Å². The van der Waals surface area contributed by atoms with E-state index in [0.29, 0.717) is 23.2 Å². The number of anilines is 2. The number of fused-ring (bicyclic) bond motifs is 1. The fourth-order valence-corrected chi connectivity index (χ4v) is 3.74. The number of rotatable bonds is 3. The van der Waals surface area contributed by atoms with Crippen molar-refractivity contribution in [3.05, 3.63) is 90.3 Å². The standard InChI is InChI=1S/C21H19ClN6O3/c1-11-4-7-17(12(2)8-11)24-20-25-19(15-10-14(28(30)31)5-6-16(15)22)27-18(29)9-13(3)23-21(27)26-20/h4-10,19H,1-3H3,(H2,23,24,25,26)/p+1/t19-/m0/s1. The Morgan fingerprint density at radius 2 is 1.97 bits per heavy atom. The molecule has 10 heteroatoms. The molecule has 158 valence electrons. The third kappa shape index (κ3) is 3.99. The lowest BCUT2D eigenvalue weighted by molar-refractivity contribution is -0.520. The van der Waals surface area contributed by atoms with Crippen molar-refractivity contribution in [2.24, 2.45) is 0 Å². The predicted octanol–water partition coefficient (Wildman–Crippen LogP) is 2.25. The Labute approximate surface area is 182 Å². The van der Waals surface area contributed by atoms with Crippen LogP contribution >= 0.6 is 11.6 Å². The molecule has 3 aromatic rings. The number of aromatic nitrogens is 2. The maximum atomic E-state index is 12.8. The lowest BCUT2D eigenvalue weighted by Gasteiger charge is -2.24. The average Bonchev–Trinajstić information content (AvgIpc) is 2.69. The average molecular weight is 440 g/mol. The highest BCUT2D eigenvalue weighted by molar-refractivity contribution is 6.31. The number of guanidine groups is 1. The summed E-state index contributed by atoms with van der Waals surface area (Å²) in [5.41, 5.74) is 3.49. The molecule has 0 unspecified atom stereocenters. The van der Waals surface area contributed by atoms with E-state index in [0.717, 1.165) is 16.8 Å². The topological polar surface area (TPSA) is 116 Å². The highest BCUT2D eigenvalue weighted by Gasteiger charge is 2.31. The van der Waals surface area contributed by atoms with Gasteiger partial charge >= 0.3 is 5.96 Å². The summed E-state index contributed by atoms with van der Waals surface area (Å²) in [6, 6.07) is 11.5. The summed E-state index contributed by atoms with van der Waals surface area (Å²) in [5.74, 6) is 0.764. The smallest absolute Gasteiger partial charge is 0.269 e. The van der Waals surface area contributed by atoms with E-state index < -0.39 is 11.1 Å². The number of nitrogens with zero attached hydrogens (tertiary/aromatic N) is 3. The van der Waals surface area contributed by atoms with E-state index in [2.05, 4.69) is 20.6 Å². The van der Waals surface area contributed by atoms with Crippen LogP contribution in [0.1, 0.15) is 28.6 Å². The van der Waals surface area contributed by atoms with Gasteiger partial charge in [0.15, 0.2) is 6.17 Å². The fraction of sp³-hybridized carbons (Fsp3) is 0.190. The Hall–Kier alpha value is -3.72. The van der Waals surface area contributed by atoms with Crippen molar-refractivity contribution in [3.8, 4) is 0 Å². The summed E-state index contributed by atoms with van der Waals surface area (Å²) < 4.78 is 1.38. The highest BCUT2D eigenvalue weighted by Crippen LogP contribution is 2.28. The number of nitrogens with one attached hydrogen (secondary N) is 3. The molecule has 0 bridgehead atoms. The Morgan fingerprint density at radius 3 is 2.68 bits per heavy atom. The molecular weight excluding hydrogens is 420 g/mol. The molecule has 0 fully saturated rings. The van der Waals surface area contributed by atoms with Crippen LogP contribution in [0.5, 0.6) is 0 Å². The number of hydrogen-bond acceptors (Lipinski definition) is 6. The zero-order valence-corrected chi connectivity index (χ0v) is 17.8. The summed E-state index contributed by atoms with van der Waals surface area (Å²) >= 11 is 6.39. The highest BCUT2D eigenvalue weighted by atomic mass is 35.5. The molecule has 0 radical (unpaired) electrons. The largest absolute Gasteiger partial charge is 0.357 e. The van der Waals surface area contributed by atoms with Crippen LogP contribution in [-0.4, -0.2) is 20.4 Å². The number of nitro groups is 1. The molecule has 2 aromatic carbocycles. The lowest BCUT2D eigenvalue weighted by Crippen LogP contribution is -2.82. The zero-order valence-electron chi connectivity index (χ0n) is 17.1. The second-order valence-electron chi connectivity index (χ2n) is 7.38. The van der Waals surface area contributed by atoms with Gasteiger partial charge in [0.05, 0.1) is 4.92 Å². The monoisotopic (exact) mass is 439 g/mol. The van der Waals surface area contributed by atoms with Gasteiger partial charge in [0.25, 0.3) is 17.2 Å². The molecule has 2 heterocycles. The first kappa shape index (κ1) is 20.5. The molecular formula is C21H20ClN6O3+. The fourth-order valence-electron chi connectivity index (χ4n) is 3.52. The Bertz CT molecular complexity index is 1300. The Kier molecular flexibility index (Phi) is 5.20. The second-order valence-corrected chi connectivity index (χ2v) is 7.79. The van der Waals surface area contributed by atoms with E-state index in [1.807, 2.05) is 32.0 Å². The molecule has 0 spiro atoms. The molecule has 1 atom stereocenters. The molecule has 1 aliphatic rings. The molecule has 0 saturated heterocycles. The van der Waals surface area contributed by atoms with Crippen molar-refractivity contribution >= 4 is 34.9 Å². The van der Waals surface area contributed by atoms with Crippen molar-refractivity contribution in [3.63, 3.8) is 0 Å². The molecule has 9 nitrogen and oxygen atoms in total. The first-order valence-electron chi connectivity index (χ1n) is 9.52.